The molecule has 0 fully saturated rings. The van der Waals surface area contributed by atoms with Gasteiger partial charge in [0.25, 0.3) is 0 Å². The maximum absolute atomic E-state index is 5.80. The molecule has 1 heteroatoms. The first kappa shape index (κ1) is 12.9. The van der Waals surface area contributed by atoms with Gasteiger partial charge >= 0.3 is 0 Å². The van der Waals surface area contributed by atoms with Crippen LogP contribution < -0.4 is 5.73 Å². The van der Waals surface area contributed by atoms with Crippen molar-refractivity contribution >= 4 is 11.8 Å². The number of hydrogen-bond acceptors (Lipinski definition) is 1. The molecule has 1 aromatic rings. The summed E-state index contributed by atoms with van der Waals surface area (Å²) in [5.74, 6) is 0. The van der Waals surface area contributed by atoms with Crippen LogP contribution in [0.3, 0.4) is 0 Å². The molecule has 1 nitrogen and oxygen atoms in total. The van der Waals surface area contributed by atoms with Gasteiger partial charge in [-0.25, -0.2) is 0 Å². The summed E-state index contributed by atoms with van der Waals surface area (Å²) in [6, 6.07) is 8.04. The van der Waals surface area contributed by atoms with Crippen molar-refractivity contribution in [1.29, 1.82) is 0 Å². The van der Waals surface area contributed by atoms with E-state index in [0.717, 1.165) is 5.69 Å². The quantitative estimate of drug-likeness (QED) is 0.739. The fourth-order valence-electron chi connectivity index (χ4n) is 2.85. The minimum absolute atomic E-state index is 0.305. The third kappa shape index (κ3) is 2.84. The van der Waals surface area contributed by atoms with Gasteiger partial charge < -0.3 is 5.73 Å². The molecule has 1 aliphatic carbocycles. The minimum atomic E-state index is 0.305. The molecule has 2 rings (SSSR count). The second-order valence-corrected chi connectivity index (χ2v) is 5.93. The van der Waals surface area contributed by atoms with Crippen molar-refractivity contribution in [2.24, 2.45) is 5.41 Å². The van der Waals surface area contributed by atoms with Crippen LogP contribution in [0.5, 0.6) is 0 Å². The SMILES string of the molecule is CC1=C(C=Cc2cccc(N)c2)C(C)(C)CCC1. The molecule has 0 amide bonds. The van der Waals surface area contributed by atoms with Crippen LogP contribution in [0.1, 0.15) is 45.6 Å². The van der Waals surface area contributed by atoms with Gasteiger partial charge in [0, 0.05) is 5.69 Å². The Morgan fingerprint density at radius 1 is 1.22 bits per heavy atom. The molecule has 1 aromatic carbocycles. The Morgan fingerprint density at radius 3 is 2.67 bits per heavy atom. The number of nitrogen functional groups attached to an aromatic ring is 1. The predicted molar refractivity (Wildman–Crippen MR) is 80.2 cm³/mol. The van der Waals surface area contributed by atoms with Gasteiger partial charge in [-0.15, -0.1) is 0 Å². The average molecular weight is 241 g/mol. The molecule has 0 heterocycles. The van der Waals surface area contributed by atoms with Crippen molar-refractivity contribution < 1.29 is 0 Å². The van der Waals surface area contributed by atoms with Crippen molar-refractivity contribution in [3.63, 3.8) is 0 Å². The van der Waals surface area contributed by atoms with Crippen molar-refractivity contribution in [3.05, 3.63) is 47.1 Å². The molecule has 96 valence electrons. The molecule has 0 aromatic heterocycles. The molecule has 0 aliphatic heterocycles. The molecule has 0 atom stereocenters. The van der Waals surface area contributed by atoms with Gasteiger partial charge in [-0.1, -0.05) is 43.7 Å². The van der Waals surface area contributed by atoms with Crippen LogP contribution in [0.2, 0.25) is 0 Å². The molecule has 0 saturated carbocycles. The summed E-state index contributed by atoms with van der Waals surface area (Å²) in [6.07, 6.45) is 8.29. The Kier molecular flexibility index (Phi) is 3.60. The van der Waals surface area contributed by atoms with E-state index in [2.05, 4.69) is 39.0 Å². The first-order valence-electron chi connectivity index (χ1n) is 6.73. The molecular formula is C17H23N. The van der Waals surface area contributed by atoms with E-state index in [4.69, 9.17) is 5.73 Å². The van der Waals surface area contributed by atoms with Gasteiger partial charge in [0.2, 0.25) is 0 Å². The molecule has 1 aliphatic rings. The van der Waals surface area contributed by atoms with E-state index in [-0.39, 0.29) is 0 Å². The number of nitrogens with two attached hydrogens (primary N) is 1. The lowest BCUT2D eigenvalue weighted by Gasteiger charge is -2.32. The van der Waals surface area contributed by atoms with Crippen molar-refractivity contribution in [2.75, 3.05) is 5.73 Å². The number of hydrogen-bond donors (Lipinski definition) is 1. The van der Waals surface area contributed by atoms with Gasteiger partial charge in [0.15, 0.2) is 0 Å². The van der Waals surface area contributed by atoms with E-state index >= 15 is 0 Å². The Bertz CT molecular complexity index is 492. The minimum Gasteiger partial charge on any atom is -0.399 e. The molecule has 2 N–H and O–H groups in total. The molecule has 18 heavy (non-hydrogen) atoms. The summed E-state index contributed by atoms with van der Waals surface area (Å²) in [4.78, 5) is 0. The van der Waals surface area contributed by atoms with E-state index in [9.17, 15) is 0 Å². The monoisotopic (exact) mass is 241 g/mol. The fraction of sp³-hybridized carbons (Fsp3) is 0.412. The third-order valence-corrected chi connectivity index (χ3v) is 3.90. The highest BCUT2D eigenvalue weighted by Crippen LogP contribution is 2.40. The number of benzene rings is 1. The zero-order valence-electron chi connectivity index (χ0n) is 11.7. The van der Waals surface area contributed by atoms with E-state index < -0.39 is 0 Å². The molecule has 0 saturated heterocycles. The Morgan fingerprint density at radius 2 is 2.00 bits per heavy atom. The zero-order valence-corrected chi connectivity index (χ0v) is 11.7. The Hall–Kier alpha value is -1.50. The average Bonchev–Trinajstić information content (AvgIpc) is 2.27. The fourth-order valence-corrected chi connectivity index (χ4v) is 2.85. The van der Waals surface area contributed by atoms with Crippen LogP contribution in [0, 0.1) is 5.41 Å². The number of rotatable bonds is 2. The normalized spacial score (nSPS) is 19.5. The van der Waals surface area contributed by atoms with Crippen LogP contribution in [0.4, 0.5) is 5.69 Å². The van der Waals surface area contributed by atoms with E-state index in [0.29, 0.717) is 5.41 Å². The van der Waals surface area contributed by atoms with Gasteiger partial charge in [-0.2, -0.15) is 0 Å². The highest BCUT2D eigenvalue weighted by atomic mass is 14.5. The second kappa shape index (κ2) is 5.01. The lowest BCUT2D eigenvalue weighted by atomic mass is 9.72. The predicted octanol–water partition coefficient (Wildman–Crippen LogP) is 4.81. The van der Waals surface area contributed by atoms with Crippen LogP contribution in [-0.2, 0) is 0 Å². The molecular weight excluding hydrogens is 218 g/mol. The summed E-state index contributed by atoms with van der Waals surface area (Å²) in [5.41, 5.74) is 11.1. The van der Waals surface area contributed by atoms with Gasteiger partial charge in [-0.3, -0.25) is 0 Å². The summed E-state index contributed by atoms with van der Waals surface area (Å²) < 4.78 is 0. The molecule has 0 spiro atoms. The van der Waals surface area contributed by atoms with Gasteiger partial charge in [0.05, 0.1) is 0 Å². The third-order valence-electron chi connectivity index (χ3n) is 3.90. The summed E-state index contributed by atoms with van der Waals surface area (Å²) in [7, 11) is 0. The van der Waals surface area contributed by atoms with Crippen LogP contribution in [0.25, 0.3) is 6.08 Å². The lowest BCUT2D eigenvalue weighted by Crippen LogP contribution is -2.18. The standard InChI is InChI=1S/C17H23N/c1-13-6-5-11-17(2,3)16(13)10-9-14-7-4-8-15(18)12-14/h4,7-10,12H,5-6,11,18H2,1-3H3. The van der Waals surface area contributed by atoms with Crippen LogP contribution in [-0.4, -0.2) is 0 Å². The first-order valence-corrected chi connectivity index (χ1v) is 6.73. The van der Waals surface area contributed by atoms with Crippen LogP contribution >= 0.6 is 0 Å². The largest absolute Gasteiger partial charge is 0.399 e. The topological polar surface area (TPSA) is 26.0 Å². The summed E-state index contributed by atoms with van der Waals surface area (Å²) >= 11 is 0. The maximum Gasteiger partial charge on any atom is 0.0319 e. The molecule has 0 bridgehead atoms. The van der Waals surface area contributed by atoms with Crippen molar-refractivity contribution in [2.45, 2.75) is 40.0 Å². The highest BCUT2D eigenvalue weighted by Gasteiger charge is 2.26. The molecule has 0 radical (unpaired) electrons. The van der Waals surface area contributed by atoms with E-state index in [1.54, 1.807) is 0 Å². The van der Waals surface area contributed by atoms with Gasteiger partial charge in [0.1, 0.15) is 0 Å². The first-order chi connectivity index (χ1) is 8.49. The Balaban J connectivity index is 2.27. The highest BCUT2D eigenvalue weighted by molar-refractivity contribution is 5.58. The lowest BCUT2D eigenvalue weighted by molar-refractivity contribution is 0.377. The summed E-state index contributed by atoms with van der Waals surface area (Å²) in [6.45, 7) is 6.95. The summed E-state index contributed by atoms with van der Waals surface area (Å²) in [5, 5.41) is 0. The van der Waals surface area contributed by atoms with Crippen LogP contribution in [0.15, 0.2) is 41.5 Å². The van der Waals surface area contributed by atoms with E-state index in [1.807, 2.05) is 18.2 Å². The van der Waals surface area contributed by atoms with E-state index in [1.165, 1.54) is 36.0 Å². The van der Waals surface area contributed by atoms with Crippen molar-refractivity contribution in [1.82, 2.24) is 0 Å². The number of allylic oxidation sites excluding steroid dienone is 3. The zero-order chi connectivity index (χ0) is 13.2. The maximum atomic E-state index is 5.80. The van der Waals surface area contributed by atoms with Gasteiger partial charge in [-0.05, 0) is 54.9 Å². The molecule has 0 unspecified atom stereocenters. The smallest absolute Gasteiger partial charge is 0.0319 e. The Labute approximate surface area is 110 Å². The second-order valence-electron chi connectivity index (χ2n) is 5.93. The number of anilines is 1. The van der Waals surface area contributed by atoms with Crippen molar-refractivity contribution in [3.8, 4) is 0 Å².